The first kappa shape index (κ1) is 24.6. The summed E-state index contributed by atoms with van der Waals surface area (Å²) in [6.07, 6.45) is 5.66. The molecule has 1 saturated heterocycles. The number of carbonyl (C=O) groups is 1. The Hall–Kier alpha value is -1.99. The van der Waals surface area contributed by atoms with Gasteiger partial charge in [-0.2, -0.15) is 4.39 Å². The van der Waals surface area contributed by atoms with Crippen molar-refractivity contribution in [2.24, 2.45) is 5.41 Å². The van der Waals surface area contributed by atoms with Gasteiger partial charge in [0.15, 0.2) is 5.13 Å². The summed E-state index contributed by atoms with van der Waals surface area (Å²) in [5.41, 5.74) is 2.02. The minimum Gasteiger partial charge on any atom is -0.337 e. The number of aryl methyl sites for hydroxylation is 2. The number of amides is 2. The van der Waals surface area contributed by atoms with Crippen molar-refractivity contribution >= 4 is 17.4 Å². The molecule has 3 rings (SSSR count). The lowest BCUT2D eigenvalue weighted by Gasteiger charge is -2.38. The molecule has 1 unspecified atom stereocenters. The molecular weight excluding hydrogens is 423 g/mol. The van der Waals surface area contributed by atoms with Crippen LogP contribution in [0.25, 0.3) is 0 Å². The Morgan fingerprint density at radius 3 is 2.75 bits per heavy atom. The van der Waals surface area contributed by atoms with Gasteiger partial charge < -0.3 is 10.2 Å². The topological polar surface area (TPSA) is 48.5 Å². The van der Waals surface area contributed by atoms with E-state index in [4.69, 9.17) is 0 Å². The van der Waals surface area contributed by atoms with Gasteiger partial charge in [0.25, 0.3) is 0 Å². The van der Waals surface area contributed by atoms with Crippen LogP contribution in [-0.2, 0) is 12.0 Å². The molecule has 1 fully saturated rings. The van der Waals surface area contributed by atoms with Gasteiger partial charge in [0.2, 0.25) is 0 Å². The summed E-state index contributed by atoms with van der Waals surface area (Å²) >= 11 is 1.23. The van der Waals surface area contributed by atoms with E-state index in [-0.39, 0.29) is 22.1 Å². The van der Waals surface area contributed by atoms with Crippen molar-refractivity contribution in [2.75, 3.05) is 33.2 Å². The molecule has 0 radical (unpaired) electrons. The van der Waals surface area contributed by atoms with Crippen LogP contribution in [-0.4, -0.2) is 54.0 Å². The zero-order chi connectivity index (χ0) is 23.4. The smallest absolute Gasteiger partial charge is 0.317 e. The third-order valence-electron chi connectivity index (χ3n) is 6.90. The maximum Gasteiger partial charge on any atom is 0.317 e. The van der Waals surface area contributed by atoms with E-state index in [1.165, 1.54) is 16.9 Å². The number of aromatic nitrogens is 1. The fraction of sp³-hybridized carbons (Fsp3) is 0.600. The zero-order valence-corrected chi connectivity index (χ0v) is 20.9. The number of thiophene rings is 1. The Labute approximate surface area is 196 Å². The van der Waals surface area contributed by atoms with Crippen LogP contribution >= 0.6 is 11.3 Å². The van der Waals surface area contributed by atoms with E-state index < -0.39 is 0 Å². The molecule has 1 N–H and O–H groups in total. The van der Waals surface area contributed by atoms with Gasteiger partial charge in [0.05, 0.1) is 0 Å². The standard InChI is InChI=1S/C25H37FN4OS/c1-6-14-29(5)23(31)28-17-25(12-11-21-9-10-22(26)32-21)13-15-30(18-25)24(3,4)20-8-7-19(2)27-16-20/h7-10,16H,6,11-15,17-18H2,1-5H3,(H,28,31). The second-order valence-electron chi connectivity index (χ2n) is 9.70. The van der Waals surface area contributed by atoms with E-state index in [0.29, 0.717) is 6.54 Å². The summed E-state index contributed by atoms with van der Waals surface area (Å²) in [4.78, 5) is 22.4. The summed E-state index contributed by atoms with van der Waals surface area (Å²) in [6.45, 7) is 11.8. The molecule has 176 valence electrons. The summed E-state index contributed by atoms with van der Waals surface area (Å²) in [7, 11) is 1.84. The van der Waals surface area contributed by atoms with Crippen molar-refractivity contribution in [1.29, 1.82) is 0 Å². The van der Waals surface area contributed by atoms with Gasteiger partial charge in [-0.25, -0.2) is 4.79 Å². The number of carbonyl (C=O) groups excluding carboxylic acids is 1. The molecule has 2 amide bonds. The van der Waals surface area contributed by atoms with Gasteiger partial charge in [-0.1, -0.05) is 13.0 Å². The average Bonchev–Trinajstić information content (AvgIpc) is 3.38. The van der Waals surface area contributed by atoms with Crippen LogP contribution in [0.4, 0.5) is 9.18 Å². The minimum absolute atomic E-state index is 0.0196. The summed E-state index contributed by atoms with van der Waals surface area (Å²) in [5.74, 6) is 0. The van der Waals surface area contributed by atoms with Gasteiger partial charge >= 0.3 is 6.03 Å². The molecule has 7 heteroatoms. The van der Waals surface area contributed by atoms with Crippen LogP contribution < -0.4 is 5.32 Å². The van der Waals surface area contributed by atoms with Crippen molar-refractivity contribution in [3.8, 4) is 0 Å². The van der Waals surface area contributed by atoms with Crippen LogP contribution in [0.3, 0.4) is 0 Å². The number of rotatable bonds is 9. The highest BCUT2D eigenvalue weighted by Crippen LogP contribution is 2.41. The van der Waals surface area contributed by atoms with E-state index in [0.717, 1.165) is 55.9 Å². The minimum atomic E-state index is -0.152. The zero-order valence-electron chi connectivity index (χ0n) is 20.1. The highest BCUT2D eigenvalue weighted by atomic mass is 32.1. The molecule has 1 aliphatic heterocycles. The van der Waals surface area contributed by atoms with Crippen molar-refractivity contribution in [1.82, 2.24) is 20.1 Å². The number of urea groups is 1. The fourth-order valence-corrected chi connectivity index (χ4v) is 5.30. The Bertz CT molecular complexity index is 898. The van der Waals surface area contributed by atoms with Crippen LogP contribution in [0, 0.1) is 17.5 Å². The summed E-state index contributed by atoms with van der Waals surface area (Å²) in [5, 5.41) is 3.05. The molecular formula is C25H37FN4OS. The summed E-state index contributed by atoms with van der Waals surface area (Å²) in [6, 6.07) is 7.64. The van der Waals surface area contributed by atoms with Crippen molar-refractivity contribution in [2.45, 2.75) is 58.9 Å². The summed E-state index contributed by atoms with van der Waals surface area (Å²) < 4.78 is 13.5. The van der Waals surface area contributed by atoms with E-state index in [1.54, 1.807) is 11.0 Å². The number of likely N-dealkylation sites (tertiary alicyclic amines) is 1. The van der Waals surface area contributed by atoms with Crippen molar-refractivity contribution in [3.63, 3.8) is 0 Å². The average molecular weight is 461 g/mol. The van der Waals surface area contributed by atoms with E-state index in [9.17, 15) is 9.18 Å². The molecule has 3 heterocycles. The lowest BCUT2D eigenvalue weighted by atomic mass is 9.81. The lowest BCUT2D eigenvalue weighted by Crippen LogP contribution is -2.47. The van der Waals surface area contributed by atoms with Crippen molar-refractivity contribution < 1.29 is 9.18 Å². The maximum atomic E-state index is 13.5. The van der Waals surface area contributed by atoms with E-state index >= 15 is 0 Å². The Morgan fingerprint density at radius 2 is 2.12 bits per heavy atom. The fourth-order valence-electron chi connectivity index (χ4n) is 4.57. The molecule has 0 aliphatic carbocycles. The first-order valence-corrected chi connectivity index (χ1v) is 12.4. The highest BCUT2D eigenvalue weighted by molar-refractivity contribution is 7.10. The highest BCUT2D eigenvalue weighted by Gasteiger charge is 2.43. The number of hydrogen-bond donors (Lipinski definition) is 1. The van der Waals surface area contributed by atoms with Crippen LogP contribution in [0.15, 0.2) is 30.5 Å². The molecule has 0 aromatic carbocycles. The monoisotopic (exact) mass is 460 g/mol. The number of hydrogen-bond acceptors (Lipinski definition) is 4. The van der Waals surface area contributed by atoms with Gasteiger partial charge in [-0.3, -0.25) is 9.88 Å². The largest absolute Gasteiger partial charge is 0.337 e. The van der Waals surface area contributed by atoms with E-state index in [2.05, 4.69) is 48.1 Å². The molecule has 0 spiro atoms. The normalized spacial score (nSPS) is 19.3. The van der Waals surface area contributed by atoms with Crippen molar-refractivity contribution in [3.05, 3.63) is 51.7 Å². The Morgan fingerprint density at radius 1 is 1.34 bits per heavy atom. The lowest BCUT2D eigenvalue weighted by molar-refractivity contribution is 0.126. The number of nitrogens with zero attached hydrogens (tertiary/aromatic N) is 3. The molecule has 2 aromatic heterocycles. The Kier molecular flexibility index (Phi) is 7.93. The molecule has 1 aliphatic rings. The quantitative estimate of drug-likeness (QED) is 0.559. The first-order valence-electron chi connectivity index (χ1n) is 11.6. The predicted octanol–water partition coefficient (Wildman–Crippen LogP) is 5.20. The molecule has 32 heavy (non-hydrogen) atoms. The molecule has 1 atom stereocenters. The van der Waals surface area contributed by atoms with Gasteiger partial charge in [0, 0.05) is 54.4 Å². The second kappa shape index (κ2) is 10.3. The number of nitrogens with one attached hydrogen (secondary N) is 1. The molecule has 0 saturated carbocycles. The van der Waals surface area contributed by atoms with Crippen LogP contribution in [0.5, 0.6) is 0 Å². The van der Waals surface area contributed by atoms with Crippen LogP contribution in [0.2, 0.25) is 0 Å². The van der Waals surface area contributed by atoms with Gasteiger partial charge in [-0.05, 0) is 76.8 Å². The third-order valence-corrected chi connectivity index (χ3v) is 7.83. The SMILES string of the molecule is CCCN(C)C(=O)NCC1(CCc2ccc(F)s2)CCN(C(C)(C)c2ccc(C)nc2)C1. The Balaban J connectivity index is 1.74. The third kappa shape index (κ3) is 5.87. The predicted molar refractivity (Wildman–Crippen MR) is 130 cm³/mol. The second-order valence-corrected chi connectivity index (χ2v) is 10.8. The van der Waals surface area contributed by atoms with Crippen LogP contribution in [0.1, 0.15) is 56.2 Å². The maximum absolute atomic E-state index is 13.5. The van der Waals surface area contributed by atoms with Gasteiger partial charge in [-0.15, -0.1) is 11.3 Å². The van der Waals surface area contributed by atoms with E-state index in [1.807, 2.05) is 26.2 Å². The number of pyridine rings is 1. The van der Waals surface area contributed by atoms with Gasteiger partial charge in [0.1, 0.15) is 0 Å². The first-order chi connectivity index (χ1) is 15.1. The molecule has 5 nitrogen and oxygen atoms in total. The molecule has 0 bridgehead atoms. The molecule has 2 aromatic rings. The number of halogens is 1.